The van der Waals surface area contributed by atoms with Gasteiger partial charge in [0.05, 0.1) is 17.8 Å². The van der Waals surface area contributed by atoms with Gasteiger partial charge in [-0.05, 0) is 111 Å². The van der Waals surface area contributed by atoms with E-state index in [1.54, 1.807) is 0 Å². The summed E-state index contributed by atoms with van der Waals surface area (Å²) in [5.41, 5.74) is 0.114. The summed E-state index contributed by atoms with van der Waals surface area (Å²) in [5, 5.41) is 11.3. The predicted molar refractivity (Wildman–Crippen MR) is 126 cm³/mol. The molecule has 10 unspecified atom stereocenters. The van der Waals surface area contributed by atoms with Crippen molar-refractivity contribution in [3.8, 4) is 0 Å². The third-order valence-corrected chi connectivity index (χ3v) is 13.6. The summed E-state index contributed by atoms with van der Waals surface area (Å²) >= 11 is 0. The van der Waals surface area contributed by atoms with Crippen LogP contribution in [0.25, 0.3) is 0 Å². The van der Waals surface area contributed by atoms with Crippen LogP contribution in [0.4, 0.5) is 0 Å². The molecule has 1 heterocycles. The van der Waals surface area contributed by atoms with E-state index < -0.39 is 5.60 Å². The average molecular weight is 443 g/mol. The molecule has 5 aliphatic carbocycles. The molecule has 6 rings (SSSR count). The molecule has 180 valence electrons. The maximum Gasteiger partial charge on any atom is 0.138 e. The average Bonchev–Trinajstić information content (AvgIpc) is 3.05. The third-order valence-electron chi connectivity index (χ3n) is 13.6. The van der Waals surface area contributed by atoms with Gasteiger partial charge in [-0.25, -0.2) is 0 Å². The fourth-order valence-electron chi connectivity index (χ4n) is 11.7. The summed E-state index contributed by atoms with van der Waals surface area (Å²) in [6, 6.07) is 0. The second-order valence-corrected chi connectivity index (χ2v) is 14.7. The molecule has 0 amide bonds. The van der Waals surface area contributed by atoms with E-state index in [1.165, 1.54) is 38.5 Å². The minimum absolute atomic E-state index is 0.0423. The molecule has 0 spiro atoms. The summed E-state index contributed by atoms with van der Waals surface area (Å²) in [6.45, 7) is 14.9. The van der Waals surface area contributed by atoms with Gasteiger partial charge in [-0.3, -0.25) is 4.79 Å². The fourth-order valence-corrected chi connectivity index (χ4v) is 11.7. The first-order chi connectivity index (χ1) is 14.8. The van der Waals surface area contributed by atoms with Crippen LogP contribution in [-0.4, -0.2) is 28.7 Å². The zero-order valence-electron chi connectivity index (χ0n) is 21.4. The van der Waals surface area contributed by atoms with Crippen molar-refractivity contribution in [3.05, 3.63) is 0 Å². The molecule has 1 N–H and O–H groups in total. The van der Waals surface area contributed by atoms with E-state index in [0.29, 0.717) is 52.8 Å². The lowest BCUT2D eigenvalue weighted by atomic mass is 9.32. The zero-order chi connectivity index (χ0) is 22.9. The molecule has 0 aromatic rings. The highest BCUT2D eigenvalue weighted by Crippen LogP contribution is 2.77. The normalized spacial score (nSPS) is 60.7. The highest BCUT2D eigenvalue weighted by Gasteiger charge is 2.73. The zero-order valence-corrected chi connectivity index (χ0v) is 21.4. The second-order valence-electron chi connectivity index (χ2n) is 14.7. The number of Topliss-reactive ketones (excluding diaryl/α,β-unsaturated/α-hetero) is 1. The van der Waals surface area contributed by atoms with Crippen molar-refractivity contribution < 1.29 is 14.6 Å². The van der Waals surface area contributed by atoms with Gasteiger partial charge in [-0.2, -0.15) is 0 Å². The number of carbonyl (C=O) groups excluding carboxylic acids is 1. The molecule has 0 radical (unpaired) electrons. The van der Waals surface area contributed by atoms with Gasteiger partial charge in [-0.15, -0.1) is 0 Å². The fraction of sp³-hybridized carbons (Fsp3) is 0.966. The molecule has 3 nitrogen and oxygen atoms in total. The maximum absolute atomic E-state index is 12.9. The predicted octanol–water partition coefficient (Wildman–Crippen LogP) is 6.17. The lowest BCUT2D eigenvalue weighted by Gasteiger charge is -2.73. The molecule has 0 aromatic heterocycles. The van der Waals surface area contributed by atoms with Gasteiger partial charge in [0.25, 0.3) is 0 Å². The molecular weight excluding hydrogens is 396 g/mol. The Bertz CT molecular complexity index is 845. The minimum Gasteiger partial charge on any atom is -0.387 e. The summed E-state index contributed by atoms with van der Waals surface area (Å²) in [7, 11) is 0. The summed E-state index contributed by atoms with van der Waals surface area (Å²) in [5.74, 6) is 3.33. The first-order valence-electron chi connectivity index (χ1n) is 13.7. The van der Waals surface area contributed by atoms with Crippen LogP contribution in [0.1, 0.15) is 106 Å². The van der Waals surface area contributed by atoms with Gasteiger partial charge in [0.15, 0.2) is 0 Å². The Morgan fingerprint density at radius 1 is 0.781 bits per heavy atom. The highest BCUT2D eigenvalue weighted by molar-refractivity contribution is 5.85. The number of ketones is 1. The number of fused-ring (bicyclic) bond motifs is 5. The second kappa shape index (κ2) is 6.23. The van der Waals surface area contributed by atoms with Crippen LogP contribution in [0.15, 0.2) is 0 Å². The van der Waals surface area contributed by atoms with Crippen molar-refractivity contribution in [3.63, 3.8) is 0 Å². The molecule has 1 aliphatic heterocycles. The molecular formula is C29H46O3. The van der Waals surface area contributed by atoms with Crippen molar-refractivity contribution in [2.75, 3.05) is 6.61 Å². The van der Waals surface area contributed by atoms with E-state index in [2.05, 4.69) is 34.6 Å². The highest BCUT2D eigenvalue weighted by atomic mass is 16.5. The van der Waals surface area contributed by atoms with Crippen LogP contribution in [-0.2, 0) is 9.53 Å². The van der Waals surface area contributed by atoms with E-state index in [-0.39, 0.29) is 16.4 Å². The van der Waals surface area contributed by atoms with E-state index >= 15 is 0 Å². The number of rotatable bonds is 0. The van der Waals surface area contributed by atoms with E-state index in [0.717, 1.165) is 25.7 Å². The van der Waals surface area contributed by atoms with Crippen molar-refractivity contribution in [1.29, 1.82) is 0 Å². The first-order valence-corrected chi connectivity index (χ1v) is 13.7. The molecule has 6 aliphatic rings. The minimum atomic E-state index is -0.669. The molecule has 5 saturated carbocycles. The van der Waals surface area contributed by atoms with Crippen LogP contribution in [0.3, 0.4) is 0 Å². The topological polar surface area (TPSA) is 46.5 Å². The van der Waals surface area contributed by atoms with Gasteiger partial charge in [0.2, 0.25) is 0 Å². The Labute approximate surface area is 195 Å². The van der Waals surface area contributed by atoms with Crippen LogP contribution in [0.2, 0.25) is 0 Å². The molecule has 2 bridgehead atoms. The maximum atomic E-state index is 12.9. The number of hydrogen-bond acceptors (Lipinski definition) is 3. The lowest BCUT2D eigenvalue weighted by Crippen LogP contribution is -2.69. The van der Waals surface area contributed by atoms with Crippen LogP contribution < -0.4 is 0 Å². The van der Waals surface area contributed by atoms with Crippen molar-refractivity contribution in [2.24, 2.45) is 51.2 Å². The largest absolute Gasteiger partial charge is 0.387 e. The number of aliphatic hydroxyl groups is 1. The Morgan fingerprint density at radius 3 is 2.28 bits per heavy atom. The van der Waals surface area contributed by atoms with Crippen LogP contribution in [0, 0.1) is 51.2 Å². The van der Waals surface area contributed by atoms with Gasteiger partial charge in [0, 0.05) is 11.8 Å². The molecule has 3 heteroatoms. The first kappa shape index (κ1) is 22.1. The molecule has 1 saturated heterocycles. The molecule has 10 atom stereocenters. The monoisotopic (exact) mass is 442 g/mol. The Hall–Kier alpha value is -0.410. The van der Waals surface area contributed by atoms with Crippen LogP contribution in [0.5, 0.6) is 0 Å². The summed E-state index contributed by atoms with van der Waals surface area (Å²) in [6.07, 6.45) is 11.7. The summed E-state index contributed by atoms with van der Waals surface area (Å²) in [4.78, 5) is 12.9. The number of carbonyl (C=O) groups is 1. The van der Waals surface area contributed by atoms with Crippen LogP contribution >= 0.6 is 0 Å². The third kappa shape index (κ3) is 2.34. The Kier molecular flexibility index (Phi) is 4.30. The van der Waals surface area contributed by atoms with E-state index in [9.17, 15) is 9.90 Å². The number of ether oxygens (including phenoxy) is 1. The molecule has 0 aromatic carbocycles. The lowest BCUT2D eigenvalue weighted by molar-refractivity contribution is -0.283. The van der Waals surface area contributed by atoms with Gasteiger partial charge in [-0.1, -0.05) is 34.6 Å². The van der Waals surface area contributed by atoms with Gasteiger partial charge < -0.3 is 9.84 Å². The van der Waals surface area contributed by atoms with Crippen molar-refractivity contribution >= 4 is 5.78 Å². The SMILES string of the molecule is CC1(O)COC23CCC1C2C1CCC2C4(C)CCC(=O)C(C)(C)C4CCC2(C)C1(C)CC3. The van der Waals surface area contributed by atoms with Crippen molar-refractivity contribution in [1.82, 2.24) is 0 Å². The summed E-state index contributed by atoms with van der Waals surface area (Å²) < 4.78 is 6.60. The van der Waals surface area contributed by atoms with Crippen molar-refractivity contribution in [2.45, 2.75) is 117 Å². The van der Waals surface area contributed by atoms with E-state index in [1.807, 2.05) is 6.92 Å². The van der Waals surface area contributed by atoms with Gasteiger partial charge in [0.1, 0.15) is 5.78 Å². The standard InChI is InChI=1S/C29H46O3/c1-24(2)20-10-13-27(5)21(25(20,3)12-11-22(24)30)8-7-18-23-19-9-14-29(23,16-15-26(18,27)4)32-17-28(19,6)31/h18-21,23,31H,7-17H2,1-6H3. The molecule has 6 fully saturated rings. The smallest absolute Gasteiger partial charge is 0.138 e. The Morgan fingerprint density at radius 2 is 1.53 bits per heavy atom. The van der Waals surface area contributed by atoms with E-state index in [4.69, 9.17) is 4.74 Å². The number of hydrogen-bond donors (Lipinski definition) is 1. The molecule has 32 heavy (non-hydrogen) atoms. The van der Waals surface area contributed by atoms with Gasteiger partial charge >= 0.3 is 0 Å². The Balaban J connectivity index is 1.40. The quantitative estimate of drug-likeness (QED) is 0.488.